The zero-order valence-corrected chi connectivity index (χ0v) is 11.7. The quantitative estimate of drug-likeness (QED) is 0.415. The second-order valence-electron chi connectivity index (χ2n) is 5.76. The lowest BCUT2D eigenvalue weighted by molar-refractivity contribution is -0.120. The Morgan fingerprint density at radius 2 is 1.59 bits per heavy atom. The third kappa shape index (κ3) is 7.57. The van der Waals surface area contributed by atoms with Crippen LogP contribution in [0.4, 0.5) is 0 Å². The Kier molecular flexibility index (Phi) is 8.38. The molecule has 0 heterocycles. The summed E-state index contributed by atoms with van der Waals surface area (Å²) in [5.74, 6) is 1.26. The van der Waals surface area contributed by atoms with Crippen LogP contribution in [0.3, 0.4) is 0 Å². The number of Topliss-reactive ketones (excluding diaryl/α,β-unsaturated/α-hetero) is 1. The van der Waals surface area contributed by atoms with Gasteiger partial charge in [-0.1, -0.05) is 71.1 Å². The molecule has 0 unspecified atom stereocenters. The fraction of sp³-hybridized carbons (Fsp3) is 0.938. The molecule has 0 atom stereocenters. The highest BCUT2D eigenvalue weighted by molar-refractivity contribution is 5.78. The highest BCUT2D eigenvalue weighted by Gasteiger charge is 2.15. The third-order valence-electron chi connectivity index (χ3n) is 4.05. The SMILES string of the molecule is CCCCCCCC(=O)CC1CCCCCC1. The highest BCUT2D eigenvalue weighted by atomic mass is 16.1. The smallest absolute Gasteiger partial charge is 0.133 e. The van der Waals surface area contributed by atoms with Crippen molar-refractivity contribution in [3.63, 3.8) is 0 Å². The molecule has 0 bridgehead atoms. The molecule has 0 aliphatic heterocycles. The van der Waals surface area contributed by atoms with Crippen LogP contribution < -0.4 is 0 Å². The number of ketones is 1. The van der Waals surface area contributed by atoms with Gasteiger partial charge in [0.1, 0.15) is 5.78 Å². The summed E-state index contributed by atoms with van der Waals surface area (Å²) < 4.78 is 0. The van der Waals surface area contributed by atoms with E-state index in [-0.39, 0.29) is 0 Å². The second-order valence-corrected chi connectivity index (χ2v) is 5.76. The summed E-state index contributed by atoms with van der Waals surface area (Å²) in [6.07, 6.45) is 16.2. The van der Waals surface area contributed by atoms with Gasteiger partial charge in [0, 0.05) is 12.8 Å². The molecule has 1 saturated carbocycles. The first-order chi connectivity index (χ1) is 8.33. The minimum atomic E-state index is 0.536. The van der Waals surface area contributed by atoms with Crippen LogP contribution in [0.15, 0.2) is 0 Å². The van der Waals surface area contributed by atoms with Crippen molar-refractivity contribution >= 4 is 5.78 Å². The van der Waals surface area contributed by atoms with Crippen LogP contribution in [0.5, 0.6) is 0 Å². The molecule has 1 aliphatic rings. The maximum Gasteiger partial charge on any atom is 0.133 e. The standard InChI is InChI=1S/C16H30O/c1-2-3-4-5-10-13-16(17)14-15-11-8-6-7-9-12-15/h15H,2-14H2,1H3. The topological polar surface area (TPSA) is 17.1 Å². The van der Waals surface area contributed by atoms with Crippen LogP contribution in [0.2, 0.25) is 0 Å². The number of carbonyl (C=O) groups is 1. The maximum absolute atomic E-state index is 11.9. The summed E-state index contributed by atoms with van der Waals surface area (Å²) >= 11 is 0. The van der Waals surface area contributed by atoms with Crippen molar-refractivity contribution in [1.29, 1.82) is 0 Å². The number of rotatable bonds is 8. The van der Waals surface area contributed by atoms with Gasteiger partial charge in [0.05, 0.1) is 0 Å². The first kappa shape index (κ1) is 14.7. The summed E-state index contributed by atoms with van der Waals surface area (Å²) in [5, 5.41) is 0. The van der Waals surface area contributed by atoms with Crippen molar-refractivity contribution in [1.82, 2.24) is 0 Å². The molecule has 0 radical (unpaired) electrons. The lowest BCUT2D eigenvalue weighted by Crippen LogP contribution is -2.07. The Balaban J connectivity index is 2.03. The predicted molar refractivity (Wildman–Crippen MR) is 74.2 cm³/mol. The van der Waals surface area contributed by atoms with Crippen molar-refractivity contribution in [2.75, 3.05) is 0 Å². The van der Waals surface area contributed by atoms with E-state index in [4.69, 9.17) is 0 Å². The summed E-state index contributed by atoms with van der Waals surface area (Å²) in [6, 6.07) is 0. The lowest BCUT2D eigenvalue weighted by Gasteiger charge is -2.12. The van der Waals surface area contributed by atoms with Gasteiger partial charge in [0.2, 0.25) is 0 Å². The molecule has 1 aliphatic carbocycles. The summed E-state index contributed by atoms with van der Waals surface area (Å²) in [7, 11) is 0. The first-order valence-corrected chi connectivity index (χ1v) is 7.84. The van der Waals surface area contributed by atoms with Crippen molar-refractivity contribution < 1.29 is 4.79 Å². The van der Waals surface area contributed by atoms with Crippen LogP contribution >= 0.6 is 0 Å². The lowest BCUT2D eigenvalue weighted by atomic mass is 9.93. The Bertz CT molecular complexity index is 190. The molecule has 0 aromatic heterocycles. The van der Waals surface area contributed by atoms with Crippen LogP contribution in [0, 0.1) is 5.92 Å². The van der Waals surface area contributed by atoms with E-state index in [0.717, 1.165) is 25.2 Å². The van der Waals surface area contributed by atoms with Crippen molar-refractivity contribution in [2.24, 2.45) is 5.92 Å². The zero-order valence-electron chi connectivity index (χ0n) is 11.7. The van der Waals surface area contributed by atoms with Crippen LogP contribution in [0.1, 0.15) is 90.4 Å². The fourth-order valence-electron chi connectivity index (χ4n) is 2.92. The average molecular weight is 238 g/mol. The number of unbranched alkanes of at least 4 members (excludes halogenated alkanes) is 4. The summed E-state index contributed by atoms with van der Waals surface area (Å²) in [5.41, 5.74) is 0. The minimum Gasteiger partial charge on any atom is -0.300 e. The molecule has 0 aromatic carbocycles. The van der Waals surface area contributed by atoms with Gasteiger partial charge >= 0.3 is 0 Å². The van der Waals surface area contributed by atoms with Crippen LogP contribution in [-0.4, -0.2) is 5.78 Å². The molecule has 0 N–H and O–H groups in total. The van der Waals surface area contributed by atoms with Crippen LogP contribution in [0.25, 0.3) is 0 Å². The van der Waals surface area contributed by atoms with Crippen molar-refractivity contribution in [3.05, 3.63) is 0 Å². The fourth-order valence-corrected chi connectivity index (χ4v) is 2.92. The molecular weight excluding hydrogens is 208 g/mol. The molecule has 0 amide bonds. The van der Waals surface area contributed by atoms with E-state index in [2.05, 4.69) is 6.92 Å². The van der Waals surface area contributed by atoms with E-state index < -0.39 is 0 Å². The van der Waals surface area contributed by atoms with Crippen molar-refractivity contribution in [2.45, 2.75) is 90.4 Å². The van der Waals surface area contributed by atoms with Gasteiger partial charge in [-0.2, -0.15) is 0 Å². The van der Waals surface area contributed by atoms with Gasteiger partial charge in [-0.25, -0.2) is 0 Å². The molecule has 1 heteroatoms. The van der Waals surface area contributed by atoms with Crippen LogP contribution in [-0.2, 0) is 4.79 Å². The minimum absolute atomic E-state index is 0.536. The highest BCUT2D eigenvalue weighted by Crippen LogP contribution is 2.26. The Hall–Kier alpha value is -0.330. The van der Waals surface area contributed by atoms with E-state index in [0.29, 0.717) is 5.78 Å². The van der Waals surface area contributed by atoms with Gasteiger partial charge < -0.3 is 0 Å². The first-order valence-electron chi connectivity index (χ1n) is 7.84. The summed E-state index contributed by atoms with van der Waals surface area (Å²) in [6.45, 7) is 2.23. The molecule has 17 heavy (non-hydrogen) atoms. The van der Waals surface area contributed by atoms with Gasteiger partial charge in [0.25, 0.3) is 0 Å². The molecule has 1 fully saturated rings. The van der Waals surface area contributed by atoms with Gasteiger partial charge in [-0.3, -0.25) is 4.79 Å². The van der Waals surface area contributed by atoms with Crippen molar-refractivity contribution in [3.8, 4) is 0 Å². The summed E-state index contributed by atoms with van der Waals surface area (Å²) in [4.78, 5) is 11.9. The molecule has 0 spiro atoms. The zero-order chi connectivity index (χ0) is 12.3. The van der Waals surface area contributed by atoms with E-state index in [9.17, 15) is 4.79 Å². The van der Waals surface area contributed by atoms with Gasteiger partial charge in [-0.05, 0) is 12.3 Å². The molecular formula is C16H30O. The monoisotopic (exact) mass is 238 g/mol. The Labute approximate surface area is 107 Å². The molecule has 0 saturated heterocycles. The molecule has 1 nitrogen and oxygen atoms in total. The largest absolute Gasteiger partial charge is 0.300 e. The van der Waals surface area contributed by atoms with E-state index >= 15 is 0 Å². The van der Waals surface area contributed by atoms with E-state index in [1.54, 1.807) is 0 Å². The van der Waals surface area contributed by atoms with Gasteiger partial charge in [-0.15, -0.1) is 0 Å². The maximum atomic E-state index is 11.9. The Morgan fingerprint density at radius 3 is 2.24 bits per heavy atom. The second kappa shape index (κ2) is 9.67. The number of carbonyl (C=O) groups excluding carboxylic acids is 1. The van der Waals surface area contributed by atoms with Gasteiger partial charge in [0.15, 0.2) is 0 Å². The average Bonchev–Trinajstić information content (AvgIpc) is 2.57. The third-order valence-corrected chi connectivity index (χ3v) is 4.05. The Morgan fingerprint density at radius 1 is 0.941 bits per heavy atom. The number of hydrogen-bond acceptors (Lipinski definition) is 1. The molecule has 0 aromatic rings. The van der Waals surface area contributed by atoms with E-state index in [1.165, 1.54) is 64.2 Å². The molecule has 100 valence electrons. The molecule has 1 rings (SSSR count). The normalized spacial score (nSPS) is 17.9. The number of hydrogen-bond donors (Lipinski definition) is 0. The van der Waals surface area contributed by atoms with E-state index in [1.807, 2.05) is 0 Å². The predicted octanol–water partition coefficient (Wildman–Crippen LogP) is 5.28.